The Hall–Kier alpha value is -2.69. The third kappa shape index (κ3) is 3.21. The highest BCUT2D eigenvalue weighted by Gasteiger charge is 2.27. The lowest BCUT2D eigenvalue weighted by atomic mass is 10.0. The fourth-order valence-electron chi connectivity index (χ4n) is 3.69. The summed E-state index contributed by atoms with van der Waals surface area (Å²) in [6.07, 6.45) is 2.45. The van der Waals surface area contributed by atoms with Crippen LogP contribution in [-0.2, 0) is 24.2 Å². The van der Waals surface area contributed by atoms with E-state index in [9.17, 15) is 4.79 Å². The number of aromatic nitrogens is 3. The second-order valence-electron chi connectivity index (χ2n) is 7.38. The minimum Gasteiger partial charge on any atom is -0.346 e. The van der Waals surface area contributed by atoms with Crippen LogP contribution in [0.15, 0.2) is 42.5 Å². The fourth-order valence-corrected chi connectivity index (χ4v) is 3.69. The van der Waals surface area contributed by atoms with Crippen LogP contribution in [-0.4, -0.2) is 20.7 Å². The van der Waals surface area contributed by atoms with Crippen molar-refractivity contribution in [2.24, 2.45) is 5.92 Å². The lowest BCUT2D eigenvalue weighted by Gasteiger charge is -2.22. The smallest absolute Gasteiger partial charge is 0.225 e. The van der Waals surface area contributed by atoms with Crippen molar-refractivity contribution in [1.82, 2.24) is 20.1 Å². The van der Waals surface area contributed by atoms with Gasteiger partial charge in [-0.1, -0.05) is 56.3 Å². The van der Waals surface area contributed by atoms with E-state index in [0.717, 1.165) is 42.0 Å². The molecule has 1 N–H and O–H groups in total. The molecule has 1 aliphatic rings. The molecule has 1 atom stereocenters. The molecule has 2 aromatic carbocycles. The number of carbonyl (C=O) groups excluding carboxylic acids is 1. The van der Waals surface area contributed by atoms with Gasteiger partial charge in [0, 0.05) is 13.0 Å². The standard InChI is InChI=1S/C21H24N4O/c1-14(2)20(21-24-23-18-8-5-11-25(18)21)22-19(26)13-15-9-10-16-6-3-4-7-17(16)12-15/h3-4,6-7,9-10,12,14,20H,5,8,11,13H2,1-2H3,(H,22,26). The van der Waals surface area contributed by atoms with Gasteiger partial charge in [-0.25, -0.2) is 0 Å². The van der Waals surface area contributed by atoms with E-state index >= 15 is 0 Å². The molecule has 0 spiro atoms. The molecule has 0 saturated carbocycles. The molecule has 0 bridgehead atoms. The van der Waals surface area contributed by atoms with Crippen molar-refractivity contribution >= 4 is 16.7 Å². The normalized spacial score (nSPS) is 14.6. The van der Waals surface area contributed by atoms with Crippen LogP contribution >= 0.6 is 0 Å². The summed E-state index contributed by atoms with van der Waals surface area (Å²) in [6, 6.07) is 14.3. The summed E-state index contributed by atoms with van der Waals surface area (Å²) in [5.74, 6) is 2.20. The fraction of sp³-hybridized carbons (Fsp3) is 0.381. The van der Waals surface area contributed by atoms with Crippen molar-refractivity contribution in [3.63, 3.8) is 0 Å². The minimum absolute atomic E-state index is 0.0225. The maximum Gasteiger partial charge on any atom is 0.225 e. The summed E-state index contributed by atoms with van der Waals surface area (Å²) in [5, 5.41) is 14.2. The highest BCUT2D eigenvalue weighted by molar-refractivity contribution is 5.85. The van der Waals surface area contributed by atoms with E-state index in [4.69, 9.17) is 0 Å². The summed E-state index contributed by atoms with van der Waals surface area (Å²) in [6.45, 7) is 5.16. The first-order chi connectivity index (χ1) is 12.6. The molecule has 1 unspecified atom stereocenters. The summed E-state index contributed by atoms with van der Waals surface area (Å²) in [5.41, 5.74) is 1.02. The zero-order valence-corrected chi connectivity index (χ0v) is 15.3. The quantitative estimate of drug-likeness (QED) is 0.768. The number of benzene rings is 2. The van der Waals surface area contributed by atoms with Gasteiger partial charge in [0.25, 0.3) is 0 Å². The number of aryl methyl sites for hydroxylation is 1. The molecule has 5 nitrogen and oxygen atoms in total. The lowest BCUT2D eigenvalue weighted by Crippen LogP contribution is -2.34. The maximum absolute atomic E-state index is 12.7. The van der Waals surface area contributed by atoms with Gasteiger partial charge in [-0.15, -0.1) is 10.2 Å². The summed E-state index contributed by atoms with van der Waals surface area (Å²) < 4.78 is 2.17. The number of amides is 1. The first-order valence-corrected chi connectivity index (χ1v) is 9.31. The van der Waals surface area contributed by atoms with E-state index in [-0.39, 0.29) is 17.9 Å². The SMILES string of the molecule is CC(C)C(NC(=O)Cc1ccc2ccccc2c1)c1nnc2n1CCC2. The van der Waals surface area contributed by atoms with Crippen LogP contribution in [0.4, 0.5) is 0 Å². The first-order valence-electron chi connectivity index (χ1n) is 9.31. The monoisotopic (exact) mass is 348 g/mol. The molecule has 2 heterocycles. The van der Waals surface area contributed by atoms with Crippen LogP contribution in [0.3, 0.4) is 0 Å². The van der Waals surface area contributed by atoms with Crippen molar-refractivity contribution in [2.75, 3.05) is 0 Å². The number of hydrogen-bond donors (Lipinski definition) is 1. The number of rotatable bonds is 5. The summed E-state index contributed by atoms with van der Waals surface area (Å²) >= 11 is 0. The molecule has 0 saturated heterocycles. The van der Waals surface area contributed by atoms with Crippen LogP contribution in [0.5, 0.6) is 0 Å². The highest BCUT2D eigenvalue weighted by atomic mass is 16.1. The van der Waals surface area contributed by atoms with Crippen molar-refractivity contribution in [2.45, 2.75) is 45.7 Å². The minimum atomic E-state index is -0.109. The Labute approximate surface area is 153 Å². The van der Waals surface area contributed by atoms with Gasteiger partial charge in [0.15, 0.2) is 5.82 Å². The van der Waals surface area contributed by atoms with E-state index < -0.39 is 0 Å². The van der Waals surface area contributed by atoms with Crippen LogP contribution in [0.2, 0.25) is 0 Å². The van der Waals surface area contributed by atoms with Gasteiger partial charge < -0.3 is 9.88 Å². The van der Waals surface area contributed by atoms with Crippen molar-refractivity contribution < 1.29 is 4.79 Å². The third-order valence-corrected chi connectivity index (χ3v) is 5.08. The zero-order valence-electron chi connectivity index (χ0n) is 15.3. The predicted octanol–water partition coefficient (Wildman–Crippen LogP) is 3.43. The summed E-state index contributed by atoms with van der Waals surface area (Å²) in [7, 11) is 0. The van der Waals surface area contributed by atoms with Crippen LogP contribution in [0.1, 0.15) is 43.5 Å². The third-order valence-electron chi connectivity index (χ3n) is 5.08. The van der Waals surface area contributed by atoms with E-state index in [2.05, 4.69) is 58.2 Å². The molecule has 26 heavy (non-hydrogen) atoms. The molecule has 0 radical (unpaired) electrons. The second-order valence-corrected chi connectivity index (χ2v) is 7.38. The van der Waals surface area contributed by atoms with E-state index in [1.165, 1.54) is 5.39 Å². The number of hydrogen-bond acceptors (Lipinski definition) is 3. The van der Waals surface area contributed by atoms with Crippen LogP contribution < -0.4 is 5.32 Å². The molecule has 1 aromatic heterocycles. The first kappa shape index (κ1) is 16.8. The Morgan fingerprint density at radius 2 is 1.96 bits per heavy atom. The van der Waals surface area contributed by atoms with Crippen LogP contribution in [0.25, 0.3) is 10.8 Å². The average Bonchev–Trinajstić information content (AvgIpc) is 3.23. The largest absolute Gasteiger partial charge is 0.346 e. The molecular weight excluding hydrogens is 324 g/mol. The predicted molar refractivity (Wildman–Crippen MR) is 102 cm³/mol. The van der Waals surface area contributed by atoms with Crippen molar-refractivity contribution in [1.29, 1.82) is 0 Å². The Bertz CT molecular complexity index is 944. The average molecular weight is 348 g/mol. The maximum atomic E-state index is 12.7. The van der Waals surface area contributed by atoms with Gasteiger partial charge in [0.05, 0.1) is 12.5 Å². The van der Waals surface area contributed by atoms with Gasteiger partial charge in [-0.3, -0.25) is 4.79 Å². The molecule has 1 amide bonds. The molecule has 134 valence electrons. The molecular formula is C21H24N4O. The molecule has 3 aromatic rings. The van der Waals surface area contributed by atoms with Gasteiger partial charge in [0.1, 0.15) is 5.82 Å². The Morgan fingerprint density at radius 1 is 1.15 bits per heavy atom. The van der Waals surface area contributed by atoms with E-state index in [0.29, 0.717) is 6.42 Å². The van der Waals surface area contributed by atoms with Crippen molar-refractivity contribution in [3.05, 3.63) is 59.7 Å². The van der Waals surface area contributed by atoms with Crippen molar-refractivity contribution in [3.8, 4) is 0 Å². The van der Waals surface area contributed by atoms with Gasteiger partial charge >= 0.3 is 0 Å². The summed E-state index contributed by atoms with van der Waals surface area (Å²) in [4.78, 5) is 12.7. The highest BCUT2D eigenvalue weighted by Crippen LogP contribution is 2.25. The molecule has 0 fully saturated rings. The van der Waals surface area contributed by atoms with Gasteiger partial charge in [0.2, 0.25) is 5.91 Å². The van der Waals surface area contributed by atoms with Gasteiger partial charge in [-0.05, 0) is 28.7 Å². The second kappa shape index (κ2) is 6.90. The Morgan fingerprint density at radius 3 is 2.77 bits per heavy atom. The molecule has 0 aliphatic carbocycles. The Kier molecular flexibility index (Phi) is 4.45. The zero-order chi connectivity index (χ0) is 18.1. The van der Waals surface area contributed by atoms with E-state index in [1.54, 1.807) is 0 Å². The topological polar surface area (TPSA) is 59.8 Å². The Balaban J connectivity index is 1.51. The molecule has 1 aliphatic heterocycles. The number of nitrogens with zero attached hydrogens (tertiary/aromatic N) is 3. The van der Waals surface area contributed by atoms with E-state index in [1.807, 2.05) is 18.2 Å². The van der Waals surface area contributed by atoms with Crippen LogP contribution in [0, 0.1) is 5.92 Å². The number of fused-ring (bicyclic) bond motifs is 2. The molecule has 5 heteroatoms. The number of carbonyl (C=O) groups is 1. The molecule has 4 rings (SSSR count). The lowest BCUT2D eigenvalue weighted by molar-refractivity contribution is -0.121. The number of nitrogens with one attached hydrogen (secondary N) is 1. The van der Waals surface area contributed by atoms with Gasteiger partial charge in [-0.2, -0.15) is 0 Å².